The molecule has 3 aromatic rings. The fourth-order valence-corrected chi connectivity index (χ4v) is 3.96. The number of fused-ring (bicyclic) bond motifs is 2. The van der Waals surface area contributed by atoms with Gasteiger partial charge >= 0.3 is 0 Å². The van der Waals surface area contributed by atoms with E-state index in [1.807, 2.05) is 19.1 Å². The van der Waals surface area contributed by atoms with Crippen molar-refractivity contribution in [2.75, 3.05) is 6.54 Å². The van der Waals surface area contributed by atoms with Gasteiger partial charge in [-0.05, 0) is 48.9 Å². The third-order valence-corrected chi connectivity index (χ3v) is 5.41. The summed E-state index contributed by atoms with van der Waals surface area (Å²) in [5, 5.41) is 3.55. The Kier molecular flexibility index (Phi) is 4.75. The number of carbonyl (C=O) groups excluding carboxylic acids is 1. The second-order valence-corrected chi connectivity index (χ2v) is 7.24. The van der Waals surface area contributed by atoms with Crippen molar-refractivity contribution in [3.8, 4) is 0 Å². The van der Waals surface area contributed by atoms with Crippen molar-refractivity contribution in [1.82, 2.24) is 14.9 Å². The first-order valence-corrected chi connectivity index (χ1v) is 9.43. The first-order chi connectivity index (χ1) is 13.1. The number of hydrogen-bond acceptors (Lipinski definition) is 3. The van der Waals surface area contributed by atoms with E-state index in [4.69, 9.17) is 0 Å². The standard InChI is InChI=1S/C22H23N3O2/c1-15-6-4-11-19-21(15)24-14-25(22(19)27)13-20(26)23-12-17-9-5-8-16-7-2-3-10-18(16)17/h2-4,6-7,10-11,14,17H,5,8-9,12-13H2,1H3,(H,23,26). The van der Waals surface area contributed by atoms with Crippen LogP contribution in [0.15, 0.2) is 53.6 Å². The van der Waals surface area contributed by atoms with Gasteiger partial charge in [0, 0.05) is 12.5 Å². The normalized spacial score (nSPS) is 16.1. The van der Waals surface area contributed by atoms with Crippen molar-refractivity contribution in [2.24, 2.45) is 0 Å². The minimum Gasteiger partial charge on any atom is -0.354 e. The minimum absolute atomic E-state index is 0.00984. The Labute approximate surface area is 158 Å². The molecule has 0 saturated heterocycles. The number of nitrogens with one attached hydrogen (secondary N) is 1. The molecule has 5 nitrogen and oxygen atoms in total. The Bertz CT molecular complexity index is 1050. The van der Waals surface area contributed by atoms with E-state index in [0.717, 1.165) is 24.8 Å². The van der Waals surface area contributed by atoms with Crippen molar-refractivity contribution in [2.45, 2.75) is 38.6 Å². The summed E-state index contributed by atoms with van der Waals surface area (Å²) >= 11 is 0. The van der Waals surface area contributed by atoms with Crippen LogP contribution >= 0.6 is 0 Å². The lowest BCUT2D eigenvalue weighted by atomic mass is 9.83. The smallest absolute Gasteiger partial charge is 0.261 e. The largest absolute Gasteiger partial charge is 0.354 e. The van der Waals surface area contributed by atoms with E-state index >= 15 is 0 Å². The first kappa shape index (κ1) is 17.5. The molecule has 1 unspecified atom stereocenters. The molecule has 5 heteroatoms. The van der Waals surface area contributed by atoms with Crippen LogP contribution in [-0.4, -0.2) is 22.0 Å². The Morgan fingerprint density at radius 2 is 2.07 bits per heavy atom. The lowest BCUT2D eigenvalue weighted by Gasteiger charge is -2.25. The van der Waals surface area contributed by atoms with E-state index in [2.05, 4.69) is 34.6 Å². The summed E-state index contributed by atoms with van der Waals surface area (Å²) in [4.78, 5) is 29.4. The van der Waals surface area contributed by atoms with Gasteiger partial charge in [-0.15, -0.1) is 0 Å². The molecular weight excluding hydrogens is 338 g/mol. The van der Waals surface area contributed by atoms with Crippen LogP contribution in [0.25, 0.3) is 10.9 Å². The van der Waals surface area contributed by atoms with E-state index < -0.39 is 0 Å². The average Bonchev–Trinajstić information content (AvgIpc) is 2.69. The zero-order chi connectivity index (χ0) is 18.8. The summed E-state index contributed by atoms with van der Waals surface area (Å²) in [6.07, 6.45) is 4.80. The number of hydrogen-bond donors (Lipinski definition) is 1. The SMILES string of the molecule is Cc1cccc2c(=O)n(CC(=O)NCC3CCCc4ccccc43)cnc12. The molecule has 0 spiro atoms. The van der Waals surface area contributed by atoms with E-state index in [1.165, 1.54) is 22.0 Å². The Hall–Kier alpha value is -2.95. The molecule has 1 atom stereocenters. The summed E-state index contributed by atoms with van der Waals surface area (Å²) in [6, 6.07) is 14.0. The lowest BCUT2D eigenvalue weighted by Crippen LogP contribution is -2.35. The highest BCUT2D eigenvalue weighted by molar-refractivity contribution is 5.81. The van der Waals surface area contributed by atoms with Crippen molar-refractivity contribution < 1.29 is 4.79 Å². The molecule has 0 aliphatic heterocycles. The van der Waals surface area contributed by atoms with Gasteiger partial charge in [0.1, 0.15) is 6.54 Å². The number of nitrogens with zero attached hydrogens (tertiary/aromatic N) is 2. The molecule has 1 aliphatic carbocycles. The molecule has 0 bridgehead atoms. The summed E-state index contributed by atoms with van der Waals surface area (Å²) in [5.41, 5.74) is 4.19. The molecular formula is C22H23N3O2. The maximum Gasteiger partial charge on any atom is 0.261 e. The Morgan fingerprint density at radius 3 is 2.96 bits per heavy atom. The third kappa shape index (κ3) is 3.50. The van der Waals surface area contributed by atoms with Crippen molar-refractivity contribution in [1.29, 1.82) is 0 Å². The predicted molar refractivity (Wildman–Crippen MR) is 106 cm³/mol. The van der Waals surface area contributed by atoms with E-state index in [0.29, 0.717) is 23.4 Å². The first-order valence-electron chi connectivity index (χ1n) is 9.43. The van der Waals surface area contributed by atoms with Crippen LogP contribution in [0.3, 0.4) is 0 Å². The number of aryl methyl sites for hydroxylation is 2. The number of amides is 1. The second kappa shape index (κ2) is 7.35. The van der Waals surface area contributed by atoms with Crippen LogP contribution in [0.5, 0.6) is 0 Å². The molecule has 1 N–H and O–H groups in total. The summed E-state index contributed by atoms with van der Waals surface area (Å²) in [6.45, 7) is 2.52. The van der Waals surface area contributed by atoms with Crippen LogP contribution in [0.1, 0.15) is 35.4 Å². The zero-order valence-corrected chi connectivity index (χ0v) is 15.4. The number of rotatable bonds is 4. The fraction of sp³-hybridized carbons (Fsp3) is 0.318. The summed E-state index contributed by atoms with van der Waals surface area (Å²) in [7, 11) is 0. The van der Waals surface area contributed by atoms with Gasteiger partial charge in [0.25, 0.3) is 5.56 Å². The molecule has 0 saturated carbocycles. The molecule has 138 valence electrons. The topological polar surface area (TPSA) is 64.0 Å². The van der Waals surface area contributed by atoms with Gasteiger partial charge in [-0.25, -0.2) is 4.98 Å². The molecule has 1 aromatic heterocycles. The van der Waals surface area contributed by atoms with Crippen LogP contribution in [0.2, 0.25) is 0 Å². The number of aromatic nitrogens is 2. The zero-order valence-electron chi connectivity index (χ0n) is 15.4. The number of benzene rings is 2. The van der Waals surface area contributed by atoms with Crippen LogP contribution in [-0.2, 0) is 17.8 Å². The van der Waals surface area contributed by atoms with E-state index in [-0.39, 0.29) is 18.0 Å². The van der Waals surface area contributed by atoms with Crippen molar-refractivity contribution in [3.63, 3.8) is 0 Å². The predicted octanol–water partition coefficient (Wildman–Crippen LogP) is 2.94. The van der Waals surface area contributed by atoms with Gasteiger partial charge in [0.05, 0.1) is 17.2 Å². The van der Waals surface area contributed by atoms with E-state index in [9.17, 15) is 9.59 Å². The highest BCUT2D eigenvalue weighted by Gasteiger charge is 2.20. The summed E-state index contributed by atoms with van der Waals surface area (Å²) < 4.78 is 1.38. The third-order valence-electron chi connectivity index (χ3n) is 5.41. The minimum atomic E-state index is -0.179. The molecule has 4 rings (SSSR count). The number of para-hydroxylation sites is 1. The van der Waals surface area contributed by atoms with Crippen molar-refractivity contribution >= 4 is 16.8 Å². The van der Waals surface area contributed by atoms with Gasteiger partial charge < -0.3 is 5.32 Å². The molecule has 0 fully saturated rings. The van der Waals surface area contributed by atoms with Gasteiger partial charge in [-0.1, -0.05) is 36.4 Å². The maximum absolute atomic E-state index is 12.6. The fourth-order valence-electron chi connectivity index (χ4n) is 3.96. The van der Waals surface area contributed by atoms with Gasteiger partial charge in [-0.3, -0.25) is 14.2 Å². The molecule has 1 heterocycles. The Balaban J connectivity index is 1.46. The molecule has 27 heavy (non-hydrogen) atoms. The lowest BCUT2D eigenvalue weighted by molar-refractivity contribution is -0.121. The molecule has 0 radical (unpaired) electrons. The van der Waals surface area contributed by atoms with Crippen LogP contribution in [0.4, 0.5) is 0 Å². The molecule has 1 aliphatic rings. The van der Waals surface area contributed by atoms with Crippen molar-refractivity contribution in [3.05, 3.63) is 75.8 Å². The second-order valence-electron chi connectivity index (χ2n) is 7.24. The van der Waals surface area contributed by atoms with Gasteiger partial charge in [-0.2, -0.15) is 0 Å². The summed E-state index contributed by atoms with van der Waals surface area (Å²) in [5.74, 6) is 0.182. The maximum atomic E-state index is 12.6. The van der Waals surface area contributed by atoms with Crippen LogP contribution in [0, 0.1) is 6.92 Å². The van der Waals surface area contributed by atoms with E-state index in [1.54, 1.807) is 6.07 Å². The van der Waals surface area contributed by atoms with Gasteiger partial charge in [0.2, 0.25) is 5.91 Å². The monoisotopic (exact) mass is 361 g/mol. The quantitative estimate of drug-likeness (QED) is 0.777. The van der Waals surface area contributed by atoms with Gasteiger partial charge in [0.15, 0.2) is 0 Å². The van der Waals surface area contributed by atoms with Crippen LogP contribution < -0.4 is 10.9 Å². The number of carbonyl (C=O) groups is 1. The molecule has 2 aromatic carbocycles. The Morgan fingerprint density at radius 1 is 1.22 bits per heavy atom. The molecule has 1 amide bonds. The highest BCUT2D eigenvalue weighted by Crippen LogP contribution is 2.30. The highest BCUT2D eigenvalue weighted by atomic mass is 16.2. The average molecular weight is 361 g/mol.